The van der Waals surface area contributed by atoms with Gasteiger partial charge in [0.05, 0.1) is 16.1 Å². The van der Waals surface area contributed by atoms with E-state index in [9.17, 15) is 10.1 Å². The molecule has 0 N–H and O–H groups in total. The molecule has 0 saturated carbocycles. The number of fused-ring (bicyclic) bond motifs is 1. The van der Waals surface area contributed by atoms with Gasteiger partial charge in [0, 0.05) is 29.6 Å². The molecule has 1 aliphatic rings. The summed E-state index contributed by atoms with van der Waals surface area (Å²) in [5.74, 6) is 0. The van der Waals surface area contributed by atoms with E-state index < -0.39 is 0 Å². The van der Waals surface area contributed by atoms with Gasteiger partial charge in [-0.05, 0) is 49.7 Å². The quantitative estimate of drug-likeness (QED) is 0.503. The second-order valence-corrected chi connectivity index (χ2v) is 6.87. The van der Waals surface area contributed by atoms with E-state index in [0.29, 0.717) is 0 Å². The number of nitro groups is 1. The summed E-state index contributed by atoms with van der Waals surface area (Å²) < 4.78 is 0. The lowest BCUT2D eigenvalue weighted by Crippen LogP contribution is -2.29. The van der Waals surface area contributed by atoms with E-state index in [1.165, 1.54) is 44.0 Å². The minimum Gasteiger partial charge on any atom is -0.299 e. The van der Waals surface area contributed by atoms with Crippen LogP contribution in [0.1, 0.15) is 24.8 Å². The Hall–Kier alpha value is -2.79. The van der Waals surface area contributed by atoms with Crippen molar-refractivity contribution in [1.29, 1.82) is 0 Å². The Bertz CT molecular complexity index is 949. The first-order valence-electron chi connectivity index (χ1n) is 9.06. The molecule has 0 aliphatic carbocycles. The van der Waals surface area contributed by atoms with Crippen LogP contribution in [-0.4, -0.2) is 27.9 Å². The van der Waals surface area contributed by atoms with E-state index in [-0.39, 0.29) is 10.6 Å². The van der Waals surface area contributed by atoms with Gasteiger partial charge in [0.25, 0.3) is 5.69 Å². The lowest BCUT2D eigenvalue weighted by molar-refractivity contribution is -0.384. The third-order valence-electron chi connectivity index (χ3n) is 4.96. The molecule has 1 saturated heterocycles. The number of likely N-dealkylation sites (tertiary alicyclic amines) is 1. The molecule has 0 unspecified atom stereocenters. The fraction of sp³-hybridized carbons (Fsp3) is 0.286. The third kappa shape index (κ3) is 3.58. The Kier molecular flexibility index (Phi) is 4.63. The Morgan fingerprint density at radius 3 is 2.65 bits per heavy atom. The zero-order chi connectivity index (χ0) is 17.9. The first-order valence-corrected chi connectivity index (χ1v) is 9.06. The summed E-state index contributed by atoms with van der Waals surface area (Å²) in [6, 6.07) is 17.0. The van der Waals surface area contributed by atoms with Gasteiger partial charge < -0.3 is 0 Å². The Morgan fingerprint density at radius 1 is 1.00 bits per heavy atom. The van der Waals surface area contributed by atoms with Gasteiger partial charge in [-0.2, -0.15) is 0 Å². The molecule has 0 bridgehead atoms. The highest BCUT2D eigenvalue weighted by Crippen LogP contribution is 2.25. The number of non-ortho nitro benzene ring substituents is 1. The number of rotatable bonds is 4. The van der Waals surface area contributed by atoms with Crippen LogP contribution in [0.5, 0.6) is 0 Å². The summed E-state index contributed by atoms with van der Waals surface area (Å²) in [6.45, 7) is 3.35. The van der Waals surface area contributed by atoms with Crippen LogP contribution in [0.2, 0.25) is 0 Å². The SMILES string of the molecule is O=[N+]([O-])c1cccc(-c2ccc3cc(CN4CCCCC4)ccc3n2)c1. The highest BCUT2D eigenvalue weighted by molar-refractivity contribution is 5.82. The summed E-state index contributed by atoms with van der Waals surface area (Å²) >= 11 is 0. The van der Waals surface area contributed by atoms with E-state index in [4.69, 9.17) is 4.98 Å². The summed E-state index contributed by atoms with van der Waals surface area (Å²) in [6.07, 6.45) is 3.93. The normalized spacial score (nSPS) is 15.2. The molecule has 26 heavy (non-hydrogen) atoms. The van der Waals surface area contributed by atoms with Crippen molar-refractivity contribution in [2.75, 3.05) is 13.1 Å². The number of benzene rings is 2. The molecule has 0 amide bonds. The fourth-order valence-corrected chi connectivity index (χ4v) is 3.59. The van der Waals surface area contributed by atoms with Crippen LogP contribution in [-0.2, 0) is 6.54 Å². The van der Waals surface area contributed by atoms with Gasteiger partial charge in [0.15, 0.2) is 0 Å². The van der Waals surface area contributed by atoms with Gasteiger partial charge in [-0.1, -0.05) is 30.7 Å². The lowest BCUT2D eigenvalue weighted by Gasteiger charge is -2.26. The van der Waals surface area contributed by atoms with Gasteiger partial charge >= 0.3 is 0 Å². The van der Waals surface area contributed by atoms with Crippen molar-refractivity contribution in [3.05, 3.63) is 70.3 Å². The summed E-state index contributed by atoms with van der Waals surface area (Å²) in [7, 11) is 0. The van der Waals surface area contributed by atoms with Gasteiger partial charge in [0.1, 0.15) is 0 Å². The Labute approximate surface area is 152 Å². The molecular formula is C21H21N3O2. The van der Waals surface area contributed by atoms with E-state index in [2.05, 4.69) is 29.2 Å². The molecule has 5 heteroatoms. The average molecular weight is 347 g/mol. The van der Waals surface area contributed by atoms with E-state index in [1.807, 2.05) is 12.1 Å². The number of pyridine rings is 1. The maximum atomic E-state index is 11.0. The first kappa shape index (κ1) is 16.7. The Morgan fingerprint density at radius 2 is 1.85 bits per heavy atom. The number of nitrogens with zero attached hydrogens (tertiary/aromatic N) is 3. The monoisotopic (exact) mass is 347 g/mol. The molecule has 1 aliphatic heterocycles. The van der Waals surface area contributed by atoms with E-state index in [1.54, 1.807) is 12.1 Å². The van der Waals surface area contributed by atoms with Crippen LogP contribution in [0.4, 0.5) is 5.69 Å². The van der Waals surface area contributed by atoms with E-state index >= 15 is 0 Å². The maximum absolute atomic E-state index is 11.0. The van der Waals surface area contributed by atoms with Crippen molar-refractivity contribution in [2.24, 2.45) is 0 Å². The molecule has 2 aromatic carbocycles. The maximum Gasteiger partial charge on any atom is 0.270 e. The first-order chi connectivity index (χ1) is 12.7. The van der Waals surface area contributed by atoms with Gasteiger partial charge in [-0.25, -0.2) is 4.98 Å². The fourth-order valence-electron chi connectivity index (χ4n) is 3.59. The van der Waals surface area contributed by atoms with Gasteiger partial charge in [0.2, 0.25) is 0 Å². The number of hydrogen-bond acceptors (Lipinski definition) is 4. The van der Waals surface area contributed by atoms with E-state index in [0.717, 1.165) is 28.7 Å². The topological polar surface area (TPSA) is 59.3 Å². The van der Waals surface area contributed by atoms with Crippen molar-refractivity contribution in [2.45, 2.75) is 25.8 Å². The molecule has 1 aromatic heterocycles. The predicted molar refractivity (Wildman–Crippen MR) is 103 cm³/mol. The summed E-state index contributed by atoms with van der Waals surface area (Å²) in [5, 5.41) is 12.1. The van der Waals surface area contributed by atoms with Crippen molar-refractivity contribution >= 4 is 16.6 Å². The standard InChI is InChI=1S/C21H21N3O2/c25-24(26)19-6-4-5-17(14-19)21-10-8-18-13-16(7-9-20(18)22-21)15-23-11-2-1-3-12-23/h4-10,13-14H,1-3,11-12,15H2. The van der Waals surface area contributed by atoms with Crippen molar-refractivity contribution in [3.8, 4) is 11.3 Å². The van der Waals surface area contributed by atoms with Gasteiger partial charge in [-0.3, -0.25) is 15.0 Å². The minimum absolute atomic E-state index is 0.0845. The van der Waals surface area contributed by atoms with Crippen LogP contribution in [0.3, 0.4) is 0 Å². The van der Waals surface area contributed by atoms with Crippen LogP contribution >= 0.6 is 0 Å². The van der Waals surface area contributed by atoms with Crippen molar-refractivity contribution < 1.29 is 4.92 Å². The molecule has 0 atom stereocenters. The second kappa shape index (κ2) is 7.22. The van der Waals surface area contributed by atoms with Crippen LogP contribution in [0.25, 0.3) is 22.2 Å². The zero-order valence-electron chi connectivity index (χ0n) is 14.6. The average Bonchev–Trinajstić information content (AvgIpc) is 2.68. The molecule has 2 heterocycles. The van der Waals surface area contributed by atoms with Gasteiger partial charge in [-0.15, -0.1) is 0 Å². The molecular weight excluding hydrogens is 326 g/mol. The third-order valence-corrected chi connectivity index (χ3v) is 4.96. The molecule has 4 rings (SSSR count). The molecule has 5 nitrogen and oxygen atoms in total. The number of aromatic nitrogens is 1. The highest BCUT2D eigenvalue weighted by Gasteiger charge is 2.12. The van der Waals surface area contributed by atoms with Crippen molar-refractivity contribution in [3.63, 3.8) is 0 Å². The molecule has 1 fully saturated rings. The Balaban J connectivity index is 1.60. The smallest absolute Gasteiger partial charge is 0.270 e. The minimum atomic E-state index is -0.378. The van der Waals surface area contributed by atoms with Crippen LogP contribution in [0.15, 0.2) is 54.6 Å². The molecule has 132 valence electrons. The molecule has 0 radical (unpaired) electrons. The number of piperidine rings is 1. The highest BCUT2D eigenvalue weighted by atomic mass is 16.6. The lowest BCUT2D eigenvalue weighted by atomic mass is 10.1. The largest absolute Gasteiger partial charge is 0.299 e. The predicted octanol–water partition coefficient (Wildman–Crippen LogP) is 4.80. The second-order valence-electron chi connectivity index (χ2n) is 6.87. The zero-order valence-corrected chi connectivity index (χ0v) is 14.6. The number of nitro benzene ring substituents is 1. The molecule has 3 aromatic rings. The number of hydrogen-bond donors (Lipinski definition) is 0. The van der Waals surface area contributed by atoms with Crippen molar-refractivity contribution in [1.82, 2.24) is 9.88 Å². The summed E-state index contributed by atoms with van der Waals surface area (Å²) in [5.41, 5.74) is 3.82. The molecule has 0 spiro atoms. The van der Waals surface area contributed by atoms with Crippen LogP contribution < -0.4 is 0 Å². The summed E-state index contributed by atoms with van der Waals surface area (Å²) in [4.78, 5) is 17.8. The van der Waals surface area contributed by atoms with Crippen LogP contribution in [0, 0.1) is 10.1 Å².